The molecule has 0 aliphatic carbocycles. The maximum absolute atomic E-state index is 12.0. The first-order valence-electron chi connectivity index (χ1n) is 4.98. The Morgan fingerprint density at radius 3 is 2.56 bits per heavy atom. The van der Waals surface area contributed by atoms with Gasteiger partial charge in [-0.25, -0.2) is 4.79 Å². The summed E-state index contributed by atoms with van der Waals surface area (Å²) in [6, 6.07) is -0.123. The van der Waals surface area contributed by atoms with Gasteiger partial charge < -0.3 is 10.0 Å². The van der Waals surface area contributed by atoms with Gasteiger partial charge >= 0.3 is 5.97 Å². The molecule has 1 amide bonds. The van der Waals surface area contributed by atoms with Crippen molar-refractivity contribution in [3.8, 4) is 0 Å². The Hall–Kier alpha value is -1.29. The van der Waals surface area contributed by atoms with Crippen LogP contribution >= 0.6 is 11.6 Å². The zero-order chi connectivity index (χ0) is 12.5. The summed E-state index contributed by atoms with van der Waals surface area (Å²) in [5.74, 6) is -1.72. The minimum atomic E-state index is -1.21. The van der Waals surface area contributed by atoms with Crippen LogP contribution in [-0.2, 0) is 9.59 Å². The smallest absolute Gasteiger partial charge is 0.341 e. The highest BCUT2D eigenvalue weighted by Crippen LogP contribution is 2.26. The highest BCUT2D eigenvalue weighted by Gasteiger charge is 2.29. The fourth-order valence-corrected chi connectivity index (χ4v) is 1.81. The molecule has 0 aromatic carbocycles. The molecule has 0 atom stereocenters. The van der Waals surface area contributed by atoms with Crippen molar-refractivity contribution >= 4 is 23.5 Å². The van der Waals surface area contributed by atoms with Gasteiger partial charge in [0.15, 0.2) is 0 Å². The van der Waals surface area contributed by atoms with Crippen molar-refractivity contribution < 1.29 is 14.7 Å². The predicted octanol–water partition coefficient (Wildman–Crippen LogP) is 2.11. The number of carboxylic acid groups (broad SMARTS) is 1. The van der Waals surface area contributed by atoms with E-state index in [1.807, 2.05) is 13.8 Å². The van der Waals surface area contributed by atoms with Crippen LogP contribution in [0.15, 0.2) is 22.4 Å². The first-order chi connectivity index (χ1) is 7.36. The van der Waals surface area contributed by atoms with Gasteiger partial charge in [-0.1, -0.05) is 17.7 Å². The number of amides is 1. The zero-order valence-electron chi connectivity index (χ0n) is 9.45. The van der Waals surface area contributed by atoms with Crippen molar-refractivity contribution in [2.45, 2.75) is 33.2 Å². The van der Waals surface area contributed by atoms with Crippen molar-refractivity contribution in [2.75, 3.05) is 0 Å². The summed E-state index contributed by atoms with van der Waals surface area (Å²) in [5, 5.41) is 9.43. The number of hydrogen-bond donors (Lipinski definition) is 1. The average Bonchev–Trinajstić information content (AvgIpc) is 2.25. The van der Waals surface area contributed by atoms with Crippen LogP contribution in [0.5, 0.6) is 0 Å². The molecule has 1 N–H and O–H groups in total. The van der Waals surface area contributed by atoms with E-state index in [9.17, 15) is 9.59 Å². The quantitative estimate of drug-likeness (QED) is 0.756. The van der Waals surface area contributed by atoms with Crippen molar-refractivity contribution in [3.63, 3.8) is 0 Å². The number of carboxylic acids is 1. The molecule has 1 rings (SSSR count). The molecular formula is C11H14ClNO3. The largest absolute Gasteiger partial charge is 0.478 e. The number of allylic oxidation sites excluding steroid dienone is 3. The highest BCUT2D eigenvalue weighted by atomic mass is 35.5. The van der Waals surface area contributed by atoms with E-state index in [1.54, 1.807) is 6.92 Å². The predicted molar refractivity (Wildman–Crippen MR) is 60.9 cm³/mol. The van der Waals surface area contributed by atoms with Crippen LogP contribution in [0.2, 0.25) is 0 Å². The lowest BCUT2D eigenvalue weighted by Gasteiger charge is -2.27. The summed E-state index contributed by atoms with van der Waals surface area (Å²) in [5.41, 5.74) is 0.401. The van der Waals surface area contributed by atoms with Crippen LogP contribution in [-0.4, -0.2) is 27.9 Å². The normalized spacial score (nSPS) is 17.7. The van der Waals surface area contributed by atoms with Gasteiger partial charge in [0.05, 0.1) is 0 Å². The van der Waals surface area contributed by atoms with Crippen LogP contribution in [0.25, 0.3) is 0 Å². The van der Waals surface area contributed by atoms with E-state index in [1.165, 1.54) is 11.0 Å². The van der Waals surface area contributed by atoms with E-state index in [0.717, 1.165) is 0 Å². The number of carbonyl (C=O) groups is 2. The van der Waals surface area contributed by atoms with E-state index in [-0.39, 0.29) is 18.0 Å². The summed E-state index contributed by atoms with van der Waals surface area (Å²) in [6.07, 6.45) is 1.64. The molecule has 1 aliphatic rings. The van der Waals surface area contributed by atoms with Gasteiger partial charge in [0.1, 0.15) is 5.57 Å². The Labute approximate surface area is 99.2 Å². The minimum absolute atomic E-state index is 0.123. The molecule has 16 heavy (non-hydrogen) atoms. The molecule has 88 valence electrons. The van der Waals surface area contributed by atoms with Gasteiger partial charge in [-0.3, -0.25) is 4.79 Å². The van der Waals surface area contributed by atoms with Crippen LogP contribution in [0, 0.1) is 0 Å². The standard InChI is InChI=1S/C11H14ClNO3/c1-6(2)13-7(3)9(12)5-4-8(10(13)14)11(15)16/h4,6H,5H2,1-3H3,(H,15,16). The molecule has 0 radical (unpaired) electrons. The summed E-state index contributed by atoms with van der Waals surface area (Å²) >= 11 is 5.99. The number of aliphatic carboxylic acids is 1. The highest BCUT2D eigenvalue weighted by molar-refractivity contribution is 6.30. The Morgan fingerprint density at radius 1 is 1.56 bits per heavy atom. The molecule has 1 heterocycles. The SMILES string of the molecule is CC1=C(Cl)CC=C(C(=O)O)C(=O)N1C(C)C. The molecule has 4 nitrogen and oxygen atoms in total. The van der Waals surface area contributed by atoms with Gasteiger partial charge in [0, 0.05) is 23.2 Å². The monoisotopic (exact) mass is 243 g/mol. The van der Waals surface area contributed by atoms with Crippen molar-refractivity contribution in [3.05, 3.63) is 22.4 Å². The first-order valence-corrected chi connectivity index (χ1v) is 5.36. The first kappa shape index (κ1) is 12.8. The van der Waals surface area contributed by atoms with E-state index < -0.39 is 11.9 Å². The summed E-state index contributed by atoms with van der Waals surface area (Å²) in [4.78, 5) is 24.3. The average molecular weight is 244 g/mol. The Balaban J connectivity index is 3.23. The molecule has 0 unspecified atom stereocenters. The van der Waals surface area contributed by atoms with Gasteiger partial charge in [-0.2, -0.15) is 0 Å². The second-order valence-corrected chi connectivity index (χ2v) is 4.34. The molecule has 0 bridgehead atoms. The van der Waals surface area contributed by atoms with Crippen LogP contribution in [0.1, 0.15) is 27.2 Å². The molecule has 0 fully saturated rings. The third-order valence-electron chi connectivity index (χ3n) is 2.44. The van der Waals surface area contributed by atoms with E-state index >= 15 is 0 Å². The second kappa shape index (κ2) is 4.70. The summed E-state index contributed by atoms with van der Waals surface area (Å²) < 4.78 is 0. The van der Waals surface area contributed by atoms with Crippen LogP contribution < -0.4 is 0 Å². The van der Waals surface area contributed by atoms with E-state index in [0.29, 0.717) is 10.7 Å². The Morgan fingerprint density at radius 2 is 2.12 bits per heavy atom. The molecule has 5 heteroatoms. The molecule has 1 aliphatic heterocycles. The van der Waals surface area contributed by atoms with E-state index in [4.69, 9.17) is 16.7 Å². The number of carbonyl (C=O) groups excluding carboxylic acids is 1. The number of hydrogen-bond acceptors (Lipinski definition) is 2. The number of nitrogens with zero attached hydrogens (tertiary/aromatic N) is 1. The van der Waals surface area contributed by atoms with Gasteiger partial charge in [-0.05, 0) is 20.8 Å². The Bertz CT molecular complexity index is 396. The molecule has 0 aromatic heterocycles. The number of halogens is 1. The molecular weight excluding hydrogens is 230 g/mol. The summed E-state index contributed by atoms with van der Waals surface area (Å²) in [6.45, 7) is 5.35. The lowest BCUT2D eigenvalue weighted by molar-refractivity contribution is -0.137. The number of rotatable bonds is 2. The minimum Gasteiger partial charge on any atom is -0.478 e. The maximum atomic E-state index is 12.0. The van der Waals surface area contributed by atoms with Crippen molar-refractivity contribution in [2.24, 2.45) is 0 Å². The molecule has 0 saturated heterocycles. The zero-order valence-corrected chi connectivity index (χ0v) is 10.2. The van der Waals surface area contributed by atoms with Crippen molar-refractivity contribution in [1.82, 2.24) is 4.90 Å². The maximum Gasteiger partial charge on any atom is 0.341 e. The van der Waals surface area contributed by atoms with Crippen LogP contribution in [0.3, 0.4) is 0 Å². The van der Waals surface area contributed by atoms with Crippen LogP contribution in [0.4, 0.5) is 0 Å². The van der Waals surface area contributed by atoms with Gasteiger partial charge in [0.25, 0.3) is 5.91 Å². The van der Waals surface area contributed by atoms with Crippen molar-refractivity contribution in [1.29, 1.82) is 0 Å². The molecule has 0 saturated carbocycles. The van der Waals surface area contributed by atoms with Gasteiger partial charge in [-0.15, -0.1) is 0 Å². The fraction of sp³-hybridized carbons (Fsp3) is 0.455. The van der Waals surface area contributed by atoms with Gasteiger partial charge in [0.2, 0.25) is 0 Å². The third kappa shape index (κ3) is 2.27. The van der Waals surface area contributed by atoms with E-state index in [2.05, 4.69) is 0 Å². The lowest BCUT2D eigenvalue weighted by Crippen LogP contribution is -2.37. The topological polar surface area (TPSA) is 57.6 Å². The summed E-state index contributed by atoms with van der Waals surface area (Å²) in [7, 11) is 0. The molecule has 0 aromatic rings. The fourth-order valence-electron chi connectivity index (χ4n) is 1.64. The second-order valence-electron chi connectivity index (χ2n) is 3.89. The molecule has 0 spiro atoms. The third-order valence-corrected chi connectivity index (χ3v) is 2.86. The Kier molecular flexibility index (Phi) is 3.75. The lowest BCUT2D eigenvalue weighted by atomic mass is 10.2.